The fraction of sp³-hybridized carbons (Fsp3) is 0.391. The van der Waals surface area contributed by atoms with Crippen molar-refractivity contribution in [1.82, 2.24) is 14.9 Å². The predicted molar refractivity (Wildman–Crippen MR) is 117 cm³/mol. The molecule has 0 aliphatic carbocycles. The van der Waals surface area contributed by atoms with Crippen LogP contribution in [0, 0.1) is 12.8 Å². The van der Waals surface area contributed by atoms with Crippen molar-refractivity contribution in [3.05, 3.63) is 58.9 Å². The number of imidazole rings is 1. The second-order valence-corrected chi connectivity index (χ2v) is 7.57. The van der Waals surface area contributed by atoms with E-state index in [0.29, 0.717) is 19.7 Å². The zero-order valence-corrected chi connectivity index (χ0v) is 18.0. The van der Waals surface area contributed by atoms with Gasteiger partial charge >= 0.3 is 0 Å². The lowest BCUT2D eigenvalue weighted by molar-refractivity contribution is -0.125. The SMILES string of the molecule is CCC(CC)C(=O)NCc1nc2ccccc2n1CCOc1ccc(Cl)c(C)c1. The summed E-state index contributed by atoms with van der Waals surface area (Å²) in [5.74, 6) is 1.76. The lowest BCUT2D eigenvalue weighted by Crippen LogP contribution is -2.31. The second kappa shape index (κ2) is 9.79. The summed E-state index contributed by atoms with van der Waals surface area (Å²) in [5, 5.41) is 3.78. The number of rotatable bonds is 9. The molecule has 0 fully saturated rings. The first kappa shape index (κ1) is 21.2. The highest BCUT2D eigenvalue weighted by molar-refractivity contribution is 6.31. The quantitative estimate of drug-likeness (QED) is 0.529. The van der Waals surface area contributed by atoms with Gasteiger partial charge < -0.3 is 14.6 Å². The lowest BCUT2D eigenvalue weighted by Gasteiger charge is -2.14. The van der Waals surface area contributed by atoms with E-state index in [-0.39, 0.29) is 11.8 Å². The van der Waals surface area contributed by atoms with E-state index in [9.17, 15) is 4.79 Å². The van der Waals surface area contributed by atoms with Gasteiger partial charge in [0.05, 0.1) is 24.1 Å². The van der Waals surface area contributed by atoms with Gasteiger partial charge in [0.15, 0.2) is 0 Å². The monoisotopic (exact) mass is 413 g/mol. The number of aromatic nitrogens is 2. The molecule has 3 rings (SSSR count). The van der Waals surface area contributed by atoms with Gasteiger partial charge in [-0.05, 0) is 55.7 Å². The van der Waals surface area contributed by atoms with E-state index in [1.54, 1.807) is 0 Å². The standard InChI is InChI=1S/C23H28ClN3O2/c1-4-17(5-2)23(28)25-15-22-26-20-8-6-7-9-21(20)27(22)12-13-29-18-10-11-19(24)16(3)14-18/h6-11,14,17H,4-5,12-13,15H2,1-3H3,(H,25,28). The minimum absolute atomic E-state index is 0.0457. The molecule has 0 saturated carbocycles. The lowest BCUT2D eigenvalue weighted by atomic mass is 10.0. The number of hydrogen-bond acceptors (Lipinski definition) is 3. The number of ether oxygens (including phenoxy) is 1. The number of hydrogen-bond donors (Lipinski definition) is 1. The van der Waals surface area contributed by atoms with E-state index >= 15 is 0 Å². The molecule has 0 saturated heterocycles. The molecule has 1 heterocycles. The van der Waals surface area contributed by atoms with E-state index in [0.717, 1.165) is 46.0 Å². The topological polar surface area (TPSA) is 56.2 Å². The molecule has 0 aliphatic heterocycles. The number of fused-ring (bicyclic) bond motifs is 1. The normalized spacial score (nSPS) is 11.2. The van der Waals surface area contributed by atoms with E-state index in [4.69, 9.17) is 21.3 Å². The summed E-state index contributed by atoms with van der Waals surface area (Å²) in [7, 11) is 0. The molecule has 0 unspecified atom stereocenters. The molecule has 5 nitrogen and oxygen atoms in total. The van der Waals surface area contributed by atoms with E-state index < -0.39 is 0 Å². The maximum Gasteiger partial charge on any atom is 0.223 e. The van der Waals surface area contributed by atoms with E-state index in [2.05, 4.69) is 9.88 Å². The molecule has 0 atom stereocenters. The van der Waals surface area contributed by atoms with Gasteiger partial charge in [0.2, 0.25) is 5.91 Å². The molecular formula is C23H28ClN3O2. The van der Waals surface area contributed by atoms with Crippen molar-refractivity contribution in [3.8, 4) is 5.75 Å². The van der Waals surface area contributed by atoms with Crippen LogP contribution in [0.25, 0.3) is 11.0 Å². The third-order valence-corrected chi connectivity index (χ3v) is 5.65. The van der Waals surface area contributed by atoms with Gasteiger partial charge in [-0.2, -0.15) is 0 Å². The van der Waals surface area contributed by atoms with Gasteiger partial charge in [0.25, 0.3) is 0 Å². The van der Waals surface area contributed by atoms with Gasteiger partial charge in [-0.25, -0.2) is 4.98 Å². The Hall–Kier alpha value is -2.53. The van der Waals surface area contributed by atoms with Crippen LogP contribution in [0.4, 0.5) is 0 Å². The minimum atomic E-state index is 0.0457. The van der Waals surface area contributed by atoms with Crippen molar-refractivity contribution < 1.29 is 9.53 Å². The highest BCUT2D eigenvalue weighted by Gasteiger charge is 2.16. The highest BCUT2D eigenvalue weighted by Crippen LogP contribution is 2.21. The number of carbonyl (C=O) groups is 1. The van der Waals surface area contributed by atoms with Crippen molar-refractivity contribution in [2.45, 2.75) is 46.7 Å². The summed E-state index contributed by atoms with van der Waals surface area (Å²) in [4.78, 5) is 17.1. The van der Waals surface area contributed by atoms with E-state index in [1.165, 1.54) is 0 Å². The summed E-state index contributed by atoms with van der Waals surface area (Å²) < 4.78 is 8.04. The van der Waals surface area contributed by atoms with Gasteiger partial charge in [-0.1, -0.05) is 37.6 Å². The van der Waals surface area contributed by atoms with Crippen LogP contribution in [0.15, 0.2) is 42.5 Å². The first-order chi connectivity index (χ1) is 14.0. The average Bonchev–Trinajstić information content (AvgIpc) is 3.07. The van der Waals surface area contributed by atoms with Crippen molar-refractivity contribution in [2.24, 2.45) is 5.92 Å². The number of nitrogens with zero attached hydrogens (tertiary/aromatic N) is 2. The Labute approximate surface area is 177 Å². The zero-order chi connectivity index (χ0) is 20.8. The molecule has 1 aromatic heterocycles. The van der Waals surface area contributed by atoms with Gasteiger partial charge in [0, 0.05) is 10.9 Å². The second-order valence-electron chi connectivity index (χ2n) is 7.16. The van der Waals surface area contributed by atoms with Crippen LogP contribution in [0.2, 0.25) is 5.02 Å². The molecule has 3 aromatic rings. The zero-order valence-electron chi connectivity index (χ0n) is 17.2. The van der Waals surface area contributed by atoms with Gasteiger partial charge in [-0.3, -0.25) is 4.79 Å². The van der Waals surface area contributed by atoms with Crippen LogP contribution in [0.3, 0.4) is 0 Å². The number of halogens is 1. The Kier molecular flexibility index (Phi) is 7.15. The van der Waals surface area contributed by atoms with Crippen molar-refractivity contribution >= 4 is 28.5 Å². The van der Waals surface area contributed by atoms with Crippen LogP contribution in [-0.4, -0.2) is 22.1 Å². The third kappa shape index (κ3) is 5.10. The molecule has 0 bridgehead atoms. The van der Waals surface area contributed by atoms with Crippen LogP contribution in [0.5, 0.6) is 5.75 Å². The fourth-order valence-corrected chi connectivity index (χ4v) is 3.56. The average molecular weight is 414 g/mol. The number of carbonyl (C=O) groups excluding carboxylic acids is 1. The maximum atomic E-state index is 12.4. The molecule has 154 valence electrons. The Morgan fingerprint density at radius 1 is 1.21 bits per heavy atom. The summed E-state index contributed by atoms with van der Waals surface area (Å²) in [6.45, 7) is 7.58. The van der Waals surface area contributed by atoms with Crippen LogP contribution in [0.1, 0.15) is 38.1 Å². The molecule has 0 spiro atoms. The maximum absolute atomic E-state index is 12.4. The Bertz CT molecular complexity index is 979. The first-order valence-electron chi connectivity index (χ1n) is 10.1. The van der Waals surface area contributed by atoms with Crippen LogP contribution >= 0.6 is 11.6 Å². The van der Waals surface area contributed by atoms with Crippen LogP contribution < -0.4 is 10.1 Å². The molecule has 1 amide bonds. The fourth-order valence-electron chi connectivity index (χ4n) is 3.44. The molecule has 0 aliphatic rings. The summed E-state index contributed by atoms with van der Waals surface area (Å²) in [6.07, 6.45) is 1.68. The van der Waals surface area contributed by atoms with Crippen LogP contribution in [-0.2, 0) is 17.9 Å². The molecular weight excluding hydrogens is 386 g/mol. The number of benzene rings is 2. The summed E-state index contributed by atoms with van der Waals surface area (Å²) in [5.41, 5.74) is 2.94. The minimum Gasteiger partial charge on any atom is -0.492 e. The summed E-state index contributed by atoms with van der Waals surface area (Å²) >= 11 is 6.08. The van der Waals surface area contributed by atoms with Crippen molar-refractivity contribution in [2.75, 3.05) is 6.61 Å². The van der Waals surface area contributed by atoms with Crippen molar-refractivity contribution in [1.29, 1.82) is 0 Å². The smallest absolute Gasteiger partial charge is 0.223 e. The first-order valence-corrected chi connectivity index (χ1v) is 10.5. The van der Waals surface area contributed by atoms with E-state index in [1.807, 2.05) is 63.2 Å². The Morgan fingerprint density at radius 2 is 1.97 bits per heavy atom. The van der Waals surface area contributed by atoms with Crippen molar-refractivity contribution in [3.63, 3.8) is 0 Å². The largest absolute Gasteiger partial charge is 0.492 e. The third-order valence-electron chi connectivity index (χ3n) is 5.22. The molecule has 1 N–H and O–H groups in total. The number of para-hydroxylation sites is 2. The number of amides is 1. The number of aryl methyl sites for hydroxylation is 1. The van der Waals surface area contributed by atoms with Gasteiger partial charge in [0.1, 0.15) is 18.2 Å². The Balaban J connectivity index is 1.72. The number of nitrogens with one attached hydrogen (secondary N) is 1. The molecule has 6 heteroatoms. The molecule has 29 heavy (non-hydrogen) atoms. The predicted octanol–water partition coefficient (Wildman–Crippen LogP) is 5.13. The molecule has 0 radical (unpaired) electrons. The molecule has 2 aromatic carbocycles. The van der Waals surface area contributed by atoms with Gasteiger partial charge in [-0.15, -0.1) is 0 Å². The highest BCUT2D eigenvalue weighted by atomic mass is 35.5. The summed E-state index contributed by atoms with van der Waals surface area (Å²) in [6, 6.07) is 13.7. The Morgan fingerprint density at radius 3 is 2.69 bits per heavy atom.